The lowest BCUT2D eigenvalue weighted by atomic mass is 10.2. The molecule has 2 heterocycles. The Bertz CT molecular complexity index is 551. The van der Waals surface area contributed by atoms with Gasteiger partial charge in [0.25, 0.3) is 0 Å². The Morgan fingerprint density at radius 3 is 2.60 bits per heavy atom. The van der Waals surface area contributed by atoms with Gasteiger partial charge in [-0.2, -0.15) is 0 Å². The third-order valence-corrected chi connectivity index (χ3v) is 2.35. The minimum absolute atomic E-state index is 0.691. The lowest BCUT2D eigenvalue weighted by Crippen LogP contribution is -1.69. The number of pyridine rings is 1. The van der Waals surface area contributed by atoms with Gasteiger partial charge in [0.1, 0.15) is 5.76 Å². The van der Waals surface area contributed by atoms with Gasteiger partial charge in [-0.05, 0) is 18.2 Å². The fourth-order valence-corrected chi connectivity index (χ4v) is 1.62. The molecule has 3 aromatic rings. The molecular formula is C13H9NO. The van der Waals surface area contributed by atoms with E-state index in [2.05, 4.69) is 4.98 Å². The third-order valence-electron chi connectivity index (χ3n) is 2.35. The molecule has 0 fully saturated rings. The highest BCUT2D eigenvalue weighted by molar-refractivity contribution is 5.79. The van der Waals surface area contributed by atoms with Gasteiger partial charge in [-0.25, -0.2) is 4.98 Å². The van der Waals surface area contributed by atoms with Crippen LogP contribution in [-0.2, 0) is 0 Å². The van der Waals surface area contributed by atoms with E-state index < -0.39 is 0 Å². The first-order valence-electron chi connectivity index (χ1n) is 4.83. The maximum Gasteiger partial charge on any atom is 0.226 e. The zero-order valence-corrected chi connectivity index (χ0v) is 8.05. The highest BCUT2D eigenvalue weighted by Crippen LogP contribution is 2.25. The van der Waals surface area contributed by atoms with Crippen LogP contribution in [-0.4, -0.2) is 4.98 Å². The minimum Gasteiger partial charge on any atom is -0.438 e. The minimum atomic E-state index is 0.691. The number of aromatic nitrogens is 1. The Morgan fingerprint density at radius 1 is 0.933 bits per heavy atom. The second-order valence-electron chi connectivity index (χ2n) is 3.37. The molecule has 0 aliphatic carbocycles. The van der Waals surface area contributed by atoms with Crippen LogP contribution in [0.2, 0.25) is 0 Å². The van der Waals surface area contributed by atoms with Crippen molar-refractivity contribution in [3.63, 3.8) is 0 Å². The summed E-state index contributed by atoms with van der Waals surface area (Å²) < 4.78 is 5.64. The molecule has 0 saturated carbocycles. The van der Waals surface area contributed by atoms with Crippen molar-refractivity contribution < 1.29 is 4.42 Å². The maximum absolute atomic E-state index is 5.64. The van der Waals surface area contributed by atoms with Gasteiger partial charge in [-0.3, -0.25) is 0 Å². The van der Waals surface area contributed by atoms with Crippen LogP contribution in [0.15, 0.2) is 59.1 Å². The summed E-state index contributed by atoms with van der Waals surface area (Å²) in [7, 11) is 0. The topological polar surface area (TPSA) is 26.0 Å². The molecule has 1 aromatic carbocycles. The standard InChI is InChI=1S/C13H9NO/c1-2-5-10(6-3-1)12-9-11-7-4-8-14-13(11)15-12/h1-9H. The lowest BCUT2D eigenvalue weighted by Gasteiger charge is -1.92. The summed E-state index contributed by atoms with van der Waals surface area (Å²) in [5.41, 5.74) is 1.77. The molecule has 2 nitrogen and oxygen atoms in total. The highest BCUT2D eigenvalue weighted by atomic mass is 16.3. The number of hydrogen-bond donors (Lipinski definition) is 0. The Kier molecular flexibility index (Phi) is 1.78. The summed E-state index contributed by atoms with van der Waals surface area (Å²) in [6, 6.07) is 16.0. The van der Waals surface area contributed by atoms with Crippen molar-refractivity contribution in [3.8, 4) is 11.3 Å². The molecule has 0 amide bonds. The summed E-state index contributed by atoms with van der Waals surface area (Å²) in [5.74, 6) is 0.865. The van der Waals surface area contributed by atoms with Gasteiger partial charge in [-0.15, -0.1) is 0 Å². The third kappa shape index (κ3) is 1.40. The van der Waals surface area contributed by atoms with Gasteiger partial charge >= 0.3 is 0 Å². The summed E-state index contributed by atoms with van der Waals surface area (Å²) in [4.78, 5) is 4.16. The van der Waals surface area contributed by atoms with Crippen molar-refractivity contribution in [2.45, 2.75) is 0 Å². The van der Waals surface area contributed by atoms with Crippen LogP contribution in [0.1, 0.15) is 0 Å². The molecule has 2 heteroatoms. The van der Waals surface area contributed by atoms with Gasteiger partial charge in [0.2, 0.25) is 5.71 Å². The molecule has 15 heavy (non-hydrogen) atoms. The second kappa shape index (κ2) is 3.24. The van der Waals surface area contributed by atoms with Gasteiger partial charge in [0.05, 0.1) is 0 Å². The number of rotatable bonds is 1. The fourth-order valence-electron chi connectivity index (χ4n) is 1.62. The van der Waals surface area contributed by atoms with E-state index in [0.29, 0.717) is 5.71 Å². The van der Waals surface area contributed by atoms with Crippen molar-refractivity contribution in [2.75, 3.05) is 0 Å². The maximum atomic E-state index is 5.64. The fraction of sp³-hybridized carbons (Fsp3) is 0. The molecular weight excluding hydrogens is 186 g/mol. The van der Waals surface area contributed by atoms with Crippen LogP contribution in [0, 0.1) is 0 Å². The normalized spacial score (nSPS) is 10.7. The van der Waals surface area contributed by atoms with Crippen LogP contribution in [0.25, 0.3) is 22.4 Å². The molecule has 0 saturated heterocycles. The molecule has 3 rings (SSSR count). The van der Waals surface area contributed by atoms with Gasteiger partial charge in [0.15, 0.2) is 0 Å². The van der Waals surface area contributed by atoms with E-state index in [0.717, 1.165) is 16.7 Å². The smallest absolute Gasteiger partial charge is 0.226 e. The molecule has 0 radical (unpaired) electrons. The van der Waals surface area contributed by atoms with Crippen molar-refractivity contribution >= 4 is 11.1 Å². The number of nitrogens with zero attached hydrogens (tertiary/aromatic N) is 1. The van der Waals surface area contributed by atoms with Crippen LogP contribution in [0.3, 0.4) is 0 Å². The summed E-state index contributed by atoms with van der Waals surface area (Å²) in [6.45, 7) is 0. The predicted molar refractivity (Wildman–Crippen MR) is 59.4 cm³/mol. The number of furan rings is 1. The highest BCUT2D eigenvalue weighted by Gasteiger charge is 2.04. The molecule has 72 valence electrons. The molecule has 0 unspecified atom stereocenters. The van der Waals surface area contributed by atoms with Gasteiger partial charge < -0.3 is 4.42 Å². The van der Waals surface area contributed by atoms with E-state index in [1.165, 1.54) is 0 Å². The summed E-state index contributed by atoms with van der Waals surface area (Å²) in [6.07, 6.45) is 1.74. The van der Waals surface area contributed by atoms with E-state index in [4.69, 9.17) is 4.42 Å². The first-order valence-corrected chi connectivity index (χ1v) is 4.83. The number of benzene rings is 1. The zero-order valence-electron chi connectivity index (χ0n) is 8.05. The second-order valence-corrected chi connectivity index (χ2v) is 3.37. The Morgan fingerprint density at radius 2 is 1.80 bits per heavy atom. The van der Waals surface area contributed by atoms with Crippen molar-refractivity contribution in [2.24, 2.45) is 0 Å². The van der Waals surface area contributed by atoms with Gasteiger partial charge in [0, 0.05) is 17.1 Å². The van der Waals surface area contributed by atoms with Crippen LogP contribution >= 0.6 is 0 Å². The monoisotopic (exact) mass is 195 g/mol. The molecule has 0 atom stereocenters. The van der Waals surface area contributed by atoms with E-state index in [9.17, 15) is 0 Å². The Hall–Kier alpha value is -2.09. The molecule has 0 bridgehead atoms. The molecule has 0 aliphatic heterocycles. The number of fused-ring (bicyclic) bond motifs is 1. The first-order chi connectivity index (χ1) is 7.43. The first kappa shape index (κ1) is 8.24. The summed E-state index contributed by atoms with van der Waals surface area (Å²) in [5, 5.41) is 1.04. The van der Waals surface area contributed by atoms with E-state index in [1.807, 2.05) is 48.5 Å². The molecule has 2 aromatic heterocycles. The van der Waals surface area contributed by atoms with Crippen LogP contribution in [0.4, 0.5) is 0 Å². The lowest BCUT2D eigenvalue weighted by molar-refractivity contribution is 0.618. The van der Waals surface area contributed by atoms with Gasteiger partial charge in [-0.1, -0.05) is 30.3 Å². The van der Waals surface area contributed by atoms with E-state index in [1.54, 1.807) is 6.20 Å². The SMILES string of the molecule is c1ccc(-c2cc3cccnc3o2)cc1. The van der Waals surface area contributed by atoms with Crippen molar-refractivity contribution in [1.82, 2.24) is 4.98 Å². The Balaban J connectivity index is 2.21. The van der Waals surface area contributed by atoms with Crippen molar-refractivity contribution in [3.05, 3.63) is 54.7 Å². The van der Waals surface area contributed by atoms with E-state index in [-0.39, 0.29) is 0 Å². The van der Waals surface area contributed by atoms with Crippen LogP contribution < -0.4 is 0 Å². The zero-order chi connectivity index (χ0) is 10.1. The van der Waals surface area contributed by atoms with Crippen LogP contribution in [0.5, 0.6) is 0 Å². The average Bonchev–Trinajstić information content (AvgIpc) is 2.74. The quantitative estimate of drug-likeness (QED) is 0.594. The Labute approximate surface area is 87.2 Å². The molecule has 0 spiro atoms. The molecule has 0 N–H and O–H groups in total. The largest absolute Gasteiger partial charge is 0.438 e. The van der Waals surface area contributed by atoms with E-state index >= 15 is 0 Å². The molecule has 0 aliphatic rings. The number of hydrogen-bond acceptors (Lipinski definition) is 2. The summed E-state index contributed by atoms with van der Waals surface area (Å²) >= 11 is 0. The predicted octanol–water partition coefficient (Wildman–Crippen LogP) is 3.49. The van der Waals surface area contributed by atoms with Crippen molar-refractivity contribution in [1.29, 1.82) is 0 Å². The average molecular weight is 195 g/mol.